The first-order valence-corrected chi connectivity index (χ1v) is 18.2. The zero-order chi connectivity index (χ0) is 34.1. The largest absolute Gasteiger partial charge is 0.493 e. The maximum absolute atomic E-state index is 12.9. The highest BCUT2D eigenvalue weighted by Gasteiger charge is 2.54. The monoisotopic (exact) mass is 673 g/mol. The van der Waals surface area contributed by atoms with Crippen LogP contribution in [-0.2, 0) is 23.1 Å². The van der Waals surface area contributed by atoms with E-state index in [-0.39, 0.29) is 11.5 Å². The zero-order valence-corrected chi connectivity index (χ0v) is 30.0. The van der Waals surface area contributed by atoms with E-state index in [0.29, 0.717) is 42.2 Å². The summed E-state index contributed by atoms with van der Waals surface area (Å²) >= 11 is 6.28. The van der Waals surface area contributed by atoms with Crippen molar-refractivity contribution in [2.75, 3.05) is 32.6 Å². The van der Waals surface area contributed by atoms with Crippen LogP contribution in [0, 0.1) is 11.8 Å². The first-order valence-electron chi connectivity index (χ1n) is 17.8. The van der Waals surface area contributed by atoms with Crippen LogP contribution in [0.3, 0.4) is 0 Å². The van der Waals surface area contributed by atoms with Gasteiger partial charge in [0.1, 0.15) is 23.1 Å². The molecule has 7 nitrogen and oxygen atoms in total. The van der Waals surface area contributed by atoms with Crippen LogP contribution in [0.1, 0.15) is 94.0 Å². The third-order valence-corrected chi connectivity index (χ3v) is 11.5. The van der Waals surface area contributed by atoms with Gasteiger partial charge in [-0.05, 0) is 150 Å². The average Bonchev–Trinajstić information content (AvgIpc) is 3.32. The predicted octanol–water partition coefficient (Wildman–Crippen LogP) is 8.53. The van der Waals surface area contributed by atoms with Gasteiger partial charge >= 0.3 is 5.97 Å². The van der Waals surface area contributed by atoms with E-state index in [1.807, 2.05) is 36.5 Å². The number of carboxylic acids is 1. The molecule has 6 rings (SSSR count). The van der Waals surface area contributed by atoms with E-state index >= 15 is 0 Å². The van der Waals surface area contributed by atoms with Crippen LogP contribution in [-0.4, -0.2) is 59.8 Å². The molecule has 0 bridgehead atoms. The minimum atomic E-state index is -1.05. The molecule has 4 atom stereocenters. The van der Waals surface area contributed by atoms with E-state index < -0.39 is 11.5 Å². The second-order valence-electron chi connectivity index (χ2n) is 15.2. The third-order valence-electron chi connectivity index (χ3n) is 11.2. The summed E-state index contributed by atoms with van der Waals surface area (Å²) in [5.41, 5.74) is 4.75. The molecule has 2 N–H and O–H groups in total. The molecular formula is C40H52ClN3O4. The lowest BCUT2D eigenvalue weighted by Crippen LogP contribution is -2.53. The van der Waals surface area contributed by atoms with Crippen LogP contribution < -0.4 is 14.8 Å². The van der Waals surface area contributed by atoms with Gasteiger partial charge in [-0.2, -0.15) is 0 Å². The van der Waals surface area contributed by atoms with E-state index in [4.69, 9.17) is 21.1 Å². The van der Waals surface area contributed by atoms with Crippen LogP contribution in [0.2, 0.25) is 5.02 Å². The molecule has 0 aliphatic heterocycles. The summed E-state index contributed by atoms with van der Waals surface area (Å²) in [5.74, 6) is 2.25. The van der Waals surface area contributed by atoms with E-state index in [1.165, 1.54) is 35.2 Å². The number of anilines is 1. The smallest absolute Gasteiger partial charge is 0.329 e. The molecule has 48 heavy (non-hydrogen) atoms. The first kappa shape index (κ1) is 34.6. The van der Waals surface area contributed by atoms with Gasteiger partial charge in [-0.25, -0.2) is 4.79 Å². The maximum atomic E-state index is 12.9. The zero-order valence-electron chi connectivity index (χ0n) is 29.2. The van der Waals surface area contributed by atoms with Crippen molar-refractivity contribution >= 4 is 23.3 Å². The lowest BCUT2D eigenvalue weighted by atomic mass is 9.59. The molecule has 2 aromatic carbocycles. The molecule has 1 saturated carbocycles. The molecule has 1 aromatic heterocycles. The maximum Gasteiger partial charge on any atom is 0.329 e. The number of carbonyl (C=O) groups is 1. The SMILES string of the molecule is C[C@@H](COc1ccnc2c1[C@H](C)CCC2)C[C@H]1Cc2ccc(O[C@H](C)CN(C)C)cc2C12CCC(Nc1cccc(Cl)c1)(C(=O)O)CC2. The fourth-order valence-electron chi connectivity index (χ4n) is 8.93. The Hall–Kier alpha value is -3.29. The summed E-state index contributed by atoms with van der Waals surface area (Å²) < 4.78 is 13.0. The number of hydrogen-bond donors (Lipinski definition) is 2. The Bertz CT molecular complexity index is 1600. The number of fused-ring (bicyclic) bond motifs is 3. The summed E-state index contributed by atoms with van der Waals surface area (Å²) in [7, 11) is 4.12. The van der Waals surface area contributed by atoms with Crippen molar-refractivity contribution < 1.29 is 19.4 Å². The van der Waals surface area contributed by atoms with Gasteiger partial charge in [0.15, 0.2) is 0 Å². The van der Waals surface area contributed by atoms with Crippen LogP contribution >= 0.6 is 11.6 Å². The number of aliphatic carboxylic acids is 1. The van der Waals surface area contributed by atoms with Crippen molar-refractivity contribution in [3.63, 3.8) is 0 Å². The Morgan fingerprint density at radius 3 is 2.65 bits per heavy atom. The molecule has 8 heteroatoms. The van der Waals surface area contributed by atoms with Gasteiger partial charge in [-0.1, -0.05) is 37.6 Å². The van der Waals surface area contributed by atoms with Gasteiger partial charge in [0.05, 0.1) is 6.61 Å². The summed E-state index contributed by atoms with van der Waals surface area (Å²) in [5, 5.41) is 14.6. The summed E-state index contributed by atoms with van der Waals surface area (Å²) in [6, 6.07) is 16.1. The molecule has 258 valence electrons. The molecule has 3 aromatic rings. The highest BCUT2D eigenvalue weighted by atomic mass is 35.5. The normalized spacial score (nSPS) is 26.1. The van der Waals surface area contributed by atoms with E-state index in [2.05, 4.69) is 68.3 Å². The van der Waals surface area contributed by atoms with Crippen LogP contribution in [0.4, 0.5) is 5.69 Å². The van der Waals surface area contributed by atoms with Crippen LogP contribution in [0.25, 0.3) is 0 Å². The molecule has 1 fully saturated rings. The number of likely N-dealkylation sites (N-methyl/N-ethyl adjacent to an activating group) is 1. The topological polar surface area (TPSA) is 83.9 Å². The minimum absolute atomic E-state index is 0.0536. The standard InChI is InChI=1S/C40H52ClN3O4/c1-26(25-47-36-14-19-42-35-11-6-8-27(2)37(35)36)20-30-21-29-12-13-33(48-28(3)24-44(4)5)23-34(29)39(30)15-17-40(18-16-39,38(45)46)43-32-10-7-9-31(41)22-32/h7,9-10,12-14,19,22-23,26-28,30,43H,6,8,11,15-18,20-21,24-25H2,1-5H3,(H,45,46)/t26-,27-,28-,30+,39?,40?/m1/s1. The van der Waals surface area contributed by atoms with E-state index in [1.54, 1.807) is 0 Å². The molecule has 3 aliphatic carbocycles. The Morgan fingerprint density at radius 2 is 1.92 bits per heavy atom. The van der Waals surface area contributed by atoms with Crippen molar-refractivity contribution in [3.8, 4) is 11.5 Å². The number of hydrogen-bond acceptors (Lipinski definition) is 6. The number of aromatic nitrogens is 1. The molecule has 1 spiro atoms. The molecule has 0 saturated heterocycles. The number of aryl methyl sites for hydroxylation is 1. The van der Waals surface area contributed by atoms with Gasteiger partial charge < -0.3 is 24.8 Å². The Kier molecular flexibility index (Phi) is 10.3. The van der Waals surface area contributed by atoms with Crippen molar-refractivity contribution in [2.24, 2.45) is 11.8 Å². The number of nitrogens with zero attached hydrogens (tertiary/aromatic N) is 2. The lowest BCUT2D eigenvalue weighted by Gasteiger charge is -2.47. The van der Waals surface area contributed by atoms with Gasteiger partial charge in [0, 0.05) is 34.7 Å². The van der Waals surface area contributed by atoms with Gasteiger partial charge in [0.2, 0.25) is 0 Å². The minimum Gasteiger partial charge on any atom is -0.493 e. The van der Waals surface area contributed by atoms with E-state index in [0.717, 1.165) is 55.8 Å². The number of halogens is 1. The summed E-state index contributed by atoms with van der Waals surface area (Å²) in [6.07, 6.45) is 9.94. The Labute approximate surface area is 291 Å². The molecular weight excluding hydrogens is 622 g/mol. The second kappa shape index (κ2) is 14.3. The summed E-state index contributed by atoms with van der Waals surface area (Å²) in [4.78, 5) is 19.7. The Balaban J connectivity index is 1.24. The molecule has 0 unspecified atom stereocenters. The number of benzene rings is 2. The Morgan fingerprint density at radius 1 is 1.12 bits per heavy atom. The van der Waals surface area contributed by atoms with Crippen molar-refractivity contribution in [1.82, 2.24) is 9.88 Å². The number of carboxylic acid groups (broad SMARTS) is 1. The first-order chi connectivity index (χ1) is 23.0. The molecule has 0 radical (unpaired) electrons. The van der Waals surface area contributed by atoms with Crippen molar-refractivity contribution in [1.29, 1.82) is 0 Å². The molecule has 0 amide bonds. The van der Waals surface area contributed by atoms with Gasteiger partial charge in [-0.15, -0.1) is 0 Å². The number of rotatable bonds is 12. The quantitative estimate of drug-likeness (QED) is 0.199. The summed E-state index contributed by atoms with van der Waals surface area (Å²) in [6.45, 7) is 8.18. The number of ether oxygens (including phenoxy) is 2. The van der Waals surface area contributed by atoms with Gasteiger partial charge in [0.25, 0.3) is 0 Å². The van der Waals surface area contributed by atoms with E-state index in [9.17, 15) is 9.90 Å². The fraction of sp³-hybridized carbons (Fsp3) is 0.550. The van der Waals surface area contributed by atoms with Crippen molar-refractivity contribution in [3.05, 3.63) is 82.1 Å². The number of nitrogens with one attached hydrogen (secondary N) is 1. The lowest BCUT2D eigenvalue weighted by molar-refractivity contribution is -0.144. The highest BCUT2D eigenvalue weighted by molar-refractivity contribution is 6.30. The molecule has 1 heterocycles. The average molecular weight is 674 g/mol. The van der Waals surface area contributed by atoms with Crippen LogP contribution in [0.15, 0.2) is 54.7 Å². The fourth-order valence-corrected chi connectivity index (χ4v) is 9.12. The van der Waals surface area contributed by atoms with Crippen LogP contribution in [0.5, 0.6) is 11.5 Å². The predicted molar refractivity (Wildman–Crippen MR) is 193 cm³/mol. The third kappa shape index (κ3) is 7.18. The van der Waals surface area contributed by atoms with Gasteiger partial charge in [-0.3, -0.25) is 4.98 Å². The van der Waals surface area contributed by atoms with Crippen molar-refractivity contribution in [2.45, 2.75) is 102 Å². The number of pyridine rings is 1. The molecule has 3 aliphatic rings. The second-order valence-corrected chi connectivity index (χ2v) is 15.6. The highest BCUT2D eigenvalue weighted by Crippen LogP contribution is 2.57.